The summed E-state index contributed by atoms with van der Waals surface area (Å²) in [7, 11) is 0. The Balaban J connectivity index is 1.51. The van der Waals surface area contributed by atoms with Crippen molar-refractivity contribution < 1.29 is 19.5 Å². The molecule has 0 saturated carbocycles. The standard InChI is InChI=1S/C20H23ClN4O3/c1-15-4-2-3-5-16(15)13-23-8-10-24(11-9-23)14-20(26)22-18-12-17(21)6-7-19(18)25(27)28/h2-7,12H,8-11,13-14H2,1H3,(H,22,26)/p+2. The average molecular weight is 405 g/mol. The summed E-state index contributed by atoms with van der Waals surface area (Å²) in [6, 6.07) is 12.6. The number of hydrogen-bond acceptors (Lipinski definition) is 3. The van der Waals surface area contributed by atoms with Gasteiger partial charge in [0.25, 0.3) is 11.6 Å². The van der Waals surface area contributed by atoms with Crippen LogP contribution in [0.2, 0.25) is 5.02 Å². The Labute approximate surface area is 169 Å². The number of nitro groups is 1. The lowest BCUT2D eigenvalue weighted by Crippen LogP contribution is -3.28. The van der Waals surface area contributed by atoms with E-state index in [1.165, 1.54) is 39.1 Å². The fraction of sp³-hybridized carbons (Fsp3) is 0.350. The first-order valence-electron chi connectivity index (χ1n) is 9.38. The number of benzene rings is 2. The number of halogens is 1. The van der Waals surface area contributed by atoms with Crippen molar-refractivity contribution >= 4 is 28.9 Å². The van der Waals surface area contributed by atoms with Crippen LogP contribution in [0.3, 0.4) is 0 Å². The van der Waals surface area contributed by atoms with Gasteiger partial charge in [0, 0.05) is 16.7 Å². The van der Waals surface area contributed by atoms with Gasteiger partial charge in [-0.3, -0.25) is 14.9 Å². The molecule has 3 rings (SSSR count). The molecule has 0 aromatic heterocycles. The molecule has 1 heterocycles. The van der Waals surface area contributed by atoms with Crippen LogP contribution in [0.1, 0.15) is 11.1 Å². The second-order valence-electron chi connectivity index (χ2n) is 7.25. The van der Waals surface area contributed by atoms with E-state index in [4.69, 9.17) is 11.6 Å². The summed E-state index contributed by atoms with van der Waals surface area (Å²) in [6.07, 6.45) is 0. The second-order valence-corrected chi connectivity index (χ2v) is 7.68. The monoisotopic (exact) mass is 404 g/mol. The Bertz CT molecular complexity index is 866. The zero-order valence-corrected chi connectivity index (χ0v) is 16.6. The van der Waals surface area contributed by atoms with E-state index in [-0.39, 0.29) is 17.3 Å². The molecule has 148 valence electrons. The van der Waals surface area contributed by atoms with E-state index in [0.717, 1.165) is 32.7 Å². The first kappa shape index (κ1) is 20.3. The summed E-state index contributed by atoms with van der Waals surface area (Å²) >= 11 is 5.91. The molecule has 28 heavy (non-hydrogen) atoms. The molecule has 1 aliphatic rings. The maximum absolute atomic E-state index is 12.4. The van der Waals surface area contributed by atoms with Gasteiger partial charge in [-0.1, -0.05) is 35.9 Å². The first-order valence-corrected chi connectivity index (χ1v) is 9.75. The molecule has 0 unspecified atom stereocenters. The van der Waals surface area contributed by atoms with E-state index in [2.05, 4.69) is 36.5 Å². The summed E-state index contributed by atoms with van der Waals surface area (Å²) in [5, 5.41) is 14.1. The van der Waals surface area contributed by atoms with Crippen molar-refractivity contribution in [2.45, 2.75) is 13.5 Å². The zero-order valence-electron chi connectivity index (χ0n) is 15.8. The van der Waals surface area contributed by atoms with Crippen molar-refractivity contribution in [3.05, 3.63) is 68.7 Å². The number of nitro benzene ring substituents is 1. The number of quaternary nitrogens is 2. The number of piperazine rings is 1. The molecule has 8 heteroatoms. The minimum atomic E-state index is -0.521. The molecule has 7 nitrogen and oxygen atoms in total. The van der Waals surface area contributed by atoms with E-state index in [1.54, 1.807) is 0 Å². The Morgan fingerprint density at radius 3 is 2.50 bits per heavy atom. The molecule has 0 bridgehead atoms. The number of carbonyl (C=O) groups is 1. The lowest BCUT2D eigenvalue weighted by atomic mass is 10.1. The summed E-state index contributed by atoms with van der Waals surface area (Å²) in [4.78, 5) is 25.7. The third-order valence-corrected chi connectivity index (χ3v) is 5.44. The number of nitrogens with one attached hydrogen (secondary N) is 3. The minimum Gasteiger partial charge on any atom is -0.322 e. The van der Waals surface area contributed by atoms with Crippen molar-refractivity contribution in [1.29, 1.82) is 0 Å². The molecule has 3 N–H and O–H groups in total. The average Bonchev–Trinajstić information content (AvgIpc) is 2.65. The van der Waals surface area contributed by atoms with Gasteiger partial charge in [0.15, 0.2) is 6.54 Å². The van der Waals surface area contributed by atoms with E-state index in [1.807, 2.05) is 0 Å². The molecular weight excluding hydrogens is 380 g/mol. The molecule has 0 aliphatic carbocycles. The Morgan fingerprint density at radius 2 is 1.82 bits per heavy atom. The predicted octanol–water partition coefficient (Wildman–Crippen LogP) is 0.479. The molecule has 1 aliphatic heterocycles. The van der Waals surface area contributed by atoms with Gasteiger partial charge in [0.2, 0.25) is 0 Å². The Morgan fingerprint density at radius 1 is 1.14 bits per heavy atom. The number of amides is 1. The highest BCUT2D eigenvalue weighted by atomic mass is 35.5. The highest BCUT2D eigenvalue weighted by molar-refractivity contribution is 6.31. The van der Waals surface area contributed by atoms with Crippen molar-refractivity contribution in [3.8, 4) is 0 Å². The third kappa shape index (κ3) is 5.28. The molecule has 1 fully saturated rings. The number of rotatable bonds is 6. The van der Waals surface area contributed by atoms with Gasteiger partial charge in [0.1, 0.15) is 38.4 Å². The SMILES string of the molecule is Cc1ccccc1C[NH+]1CC[NH+](CC(=O)Nc2cc(Cl)ccc2[N+](=O)[O-])CC1. The van der Waals surface area contributed by atoms with Crippen LogP contribution in [-0.2, 0) is 11.3 Å². The molecule has 0 atom stereocenters. The van der Waals surface area contributed by atoms with E-state index >= 15 is 0 Å². The fourth-order valence-corrected chi connectivity index (χ4v) is 3.75. The van der Waals surface area contributed by atoms with Crippen molar-refractivity contribution in [2.75, 3.05) is 38.0 Å². The first-order chi connectivity index (χ1) is 13.4. The van der Waals surface area contributed by atoms with Gasteiger partial charge in [-0.2, -0.15) is 0 Å². The Kier molecular flexibility index (Phi) is 6.61. The number of nitrogens with zero attached hydrogens (tertiary/aromatic N) is 1. The molecular formula is C20H25ClN4O3+2. The van der Waals surface area contributed by atoms with Gasteiger partial charge in [-0.15, -0.1) is 0 Å². The van der Waals surface area contributed by atoms with Crippen LogP contribution in [-0.4, -0.2) is 43.6 Å². The Hall–Kier alpha value is -2.48. The number of aryl methyl sites for hydroxylation is 1. The quantitative estimate of drug-likeness (QED) is 0.484. The fourth-order valence-electron chi connectivity index (χ4n) is 3.58. The van der Waals surface area contributed by atoms with Gasteiger partial charge < -0.3 is 15.1 Å². The maximum Gasteiger partial charge on any atom is 0.292 e. The van der Waals surface area contributed by atoms with Crippen LogP contribution >= 0.6 is 11.6 Å². The van der Waals surface area contributed by atoms with Crippen molar-refractivity contribution in [3.63, 3.8) is 0 Å². The molecule has 2 aromatic carbocycles. The number of hydrogen-bond donors (Lipinski definition) is 3. The summed E-state index contributed by atoms with van der Waals surface area (Å²) in [6.45, 7) is 7.21. The smallest absolute Gasteiger partial charge is 0.292 e. The van der Waals surface area contributed by atoms with E-state index in [9.17, 15) is 14.9 Å². The number of carbonyl (C=O) groups excluding carboxylic acids is 1. The lowest BCUT2D eigenvalue weighted by molar-refractivity contribution is -1.02. The summed E-state index contributed by atoms with van der Waals surface area (Å²) < 4.78 is 0. The minimum absolute atomic E-state index is 0.144. The topological polar surface area (TPSA) is 81.1 Å². The summed E-state index contributed by atoms with van der Waals surface area (Å²) in [5.41, 5.74) is 2.67. The molecule has 1 saturated heterocycles. The van der Waals surface area contributed by atoms with Crippen LogP contribution in [0, 0.1) is 17.0 Å². The van der Waals surface area contributed by atoms with Crippen LogP contribution in [0.4, 0.5) is 11.4 Å². The zero-order chi connectivity index (χ0) is 20.1. The van der Waals surface area contributed by atoms with Crippen LogP contribution in [0.5, 0.6) is 0 Å². The number of anilines is 1. The highest BCUT2D eigenvalue weighted by Crippen LogP contribution is 2.27. The van der Waals surface area contributed by atoms with E-state index < -0.39 is 4.92 Å². The van der Waals surface area contributed by atoms with Crippen LogP contribution in [0.25, 0.3) is 0 Å². The highest BCUT2D eigenvalue weighted by Gasteiger charge is 2.26. The van der Waals surface area contributed by atoms with Gasteiger partial charge in [-0.25, -0.2) is 0 Å². The molecule has 0 radical (unpaired) electrons. The third-order valence-electron chi connectivity index (χ3n) is 5.21. The van der Waals surface area contributed by atoms with Crippen molar-refractivity contribution in [2.24, 2.45) is 0 Å². The predicted molar refractivity (Wildman–Crippen MR) is 108 cm³/mol. The van der Waals surface area contributed by atoms with Crippen molar-refractivity contribution in [1.82, 2.24) is 0 Å². The normalized spacial score (nSPS) is 19.2. The van der Waals surface area contributed by atoms with E-state index in [0.29, 0.717) is 11.6 Å². The van der Waals surface area contributed by atoms with Gasteiger partial charge in [0.05, 0.1) is 4.92 Å². The molecule has 2 aromatic rings. The van der Waals surface area contributed by atoms with Crippen LogP contribution < -0.4 is 15.1 Å². The van der Waals surface area contributed by atoms with Crippen LogP contribution in [0.15, 0.2) is 42.5 Å². The van der Waals surface area contributed by atoms with Gasteiger partial charge in [-0.05, 0) is 24.6 Å². The largest absolute Gasteiger partial charge is 0.322 e. The maximum atomic E-state index is 12.4. The van der Waals surface area contributed by atoms with Gasteiger partial charge >= 0.3 is 0 Å². The summed E-state index contributed by atoms with van der Waals surface area (Å²) in [5.74, 6) is -0.234. The molecule has 1 amide bonds. The second kappa shape index (κ2) is 9.14. The molecule has 0 spiro atoms. The lowest BCUT2D eigenvalue weighted by Gasteiger charge is -2.29.